The van der Waals surface area contributed by atoms with Gasteiger partial charge in [0.05, 0.1) is 11.2 Å². The smallest absolute Gasteiger partial charge is 0.422 e. The van der Waals surface area contributed by atoms with Gasteiger partial charge < -0.3 is 10.0 Å². The molecule has 0 aliphatic rings. The molecule has 5 heteroatoms. The van der Waals surface area contributed by atoms with E-state index < -0.39 is 7.12 Å². The molecule has 1 rings (SSSR count). The molecule has 2 N–H and O–H groups in total. The summed E-state index contributed by atoms with van der Waals surface area (Å²) in [6.45, 7) is 0. The Morgan fingerprint density at radius 1 is 1.45 bits per heavy atom. The lowest BCUT2D eigenvalue weighted by atomic mass is 9.85. The lowest BCUT2D eigenvalue weighted by Crippen LogP contribution is -2.32. The SMILES string of the molecule is N#Cc1ccc(B(O)O)nc1. The van der Waals surface area contributed by atoms with E-state index in [9.17, 15) is 0 Å². The Kier molecular flexibility index (Phi) is 2.21. The van der Waals surface area contributed by atoms with E-state index in [-0.39, 0.29) is 5.59 Å². The Morgan fingerprint density at radius 2 is 2.18 bits per heavy atom. The standard InChI is InChI=1S/C6H5BN2O2/c8-3-5-1-2-6(7(10)11)9-4-5/h1-2,4,10-11H. The molecular formula is C6H5BN2O2. The molecule has 0 unspecified atom stereocenters. The molecule has 0 saturated carbocycles. The van der Waals surface area contributed by atoms with E-state index in [1.165, 1.54) is 18.3 Å². The highest BCUT2D eigenvalue weighted by Crippen LogP contribution is 1.89. The zero-order chi connectivity index (χ0) is 8.27. The van der Waals surface area contributed by atoms with Gasteiger partial charge in [-0.25, -0.2) is 0 Å². The molecule has 0 bridgehead atoms. The molecule has 0 aromatic carbocycles. The van der Waals surface area contributed by atoms with Gasteiger partial charge in [-0.15, -0.1) is 0 Å². The minimum absolute atomic E-state index is 0.143. The number of nitriles is 1. The normalized spacial score (nSPS) is 8.82. The summed E-state index contributed by atoms with van der Waals surface area (Å²) in [6.07, 6.45) is 1.29. The Bertz CT molecular complexity index is 278. The van der Waals surface area contributed by atoms with E-state index in [1.807, 2.05) is 6.07 Å². The Labute approximate surface area is 63.9 Å². The van der Waals surface area contributed by atoms with Gasteiger partial charge in [-0.3, -0.25) is 4.98 Å². The zero-order valence-corrected chi connectivity index (χ0v) is 5.60. The maximum Gasteiger partial charge on any atom is 0.508 e. The number of rotatable bonds is 1. The predicted molar refractivity (Wildman–Crippen MR) is 38.8 cm³/mol. The third kappa shape index (κ3) is 1.77. The molecular weight excluding hydrogens is 143 g/mol. The predicted octanol–water partition coefficient (Wildman–Crippen LogP) is -1.37. The van der Waals surface area contributed by atoms with E-state index in [0.717, 1.165) is 0 Å². The molecule has 0 spiro atoms. The molecule has 54 valence electrons. The quantitative estimate of drug-likeness (QED) is 0.481. The molecule has 4 nitrogen and oxygen atoms in total. The van der Waals surface area contributed by atoms with Crippen molar-refractivity contribution in [1.82, 2.24) is 4.98 Å². The Morgan fingerprint density at radius 3 is 2.55 bits per heavy atom. The fraction of sp³-hybridized carbons (Fsp3) is 0. The monoisotopic (exact) mass is 148 g/mol. The number of hydrogen-bond donors (Lipinski definition) is 2. The summed E-state index contributed by atoms with van der Waals surface area (Å²) in [4.78, 5) is 3.63. The van der Waals surface area contributed by atoms with Crippen LogP contribution in [0.25, 0.3) is 0 Å². The van der Waals surface area contributed by atoms with Gasteiger partial charge in [0.25, 0.3) is 0 Å². The van der Waals surface area contributed by atoms with Crippen LogP contribution in [0.15, 0.2) is 18.3 Å². The first-order valence-corrected chi connectivity index (χ1v) is 2.96. The lowest BCUT2D eigenvalue weighted by Gasteiger charge is -1.95. The molecule has 1 aromatic rings. The number of nitrogens with zero attached hydrogens (tertiary/aromatic N) is 2. The number of aromatic nitrogens is 1. The Balaban J connectivity index is 2.94. The maximum absolute atomic E-state index is 8.60. The van der Waals surface area contributed by atoms with Crippen molar-refractivity contribution in [3.8, 4) is 6.07 Å². The van der Waals surface area contributed by atoms with Crippen LogP contribution in [0.1, 0.15) is 5.56 Å². The molecule has 0 atom stereocenters. The van der Waals surface area contributed by atoms with E-state index in [4.69, 9.17) is 15.3 Å². The summed E-state index contributed by atoms with van der Waals surface area (Å²) in [5.41, 5.74) is 0.540. The van der Waals surface area contributed by atoms with Crippen molar-refractivity contribution in [1.29, 1.82) is 5.26 Å². The van der Waals surface area contributed by atoms with E-state index >= 15 is 0 Å². The average molecular weight is 148 g/mol. The molecule has 0 radical (unpaired) electrons. The molecule has 1 aromatic heterocycles. The van der Waals surface area contributed by atoms with Gasteiger partial charge >= 0.3 is 7.12 Å². The highest BCUT2D eigenvalue weighted by atomic mass is 16.4. The van der Waals surface area contributed by atoms with Gasteiger partial charge in [-0.2, -0.15) is 5.26 Å². The fourth-order valence-electron chi connectivity index (χ4n) is 0.624. The molecule has 0 fully saturated rings. The fourth-order valence-corrected chi connectivity index (χ4v) is 0.624. The maximum atomic E-state index is 8.60. The van der Waals surface area contributed by atoms with Crippen LogP contribution in [0.4, 0.5) is 0 Å². The largest absolute Gasteiger partial charge is 0.508 e. The van der Waals surface area contributed by atoms with Crippen molar-refractivity contribution < 1.29 is 10.0 Å². The van der Waals surface area contributed by atoms with Crippen molar-refractivity contribution in [2.24, 2.45) is 0 Å². The minimum Gasteiger partial charge on any atom is -0.422 e. The van der Waals surface area contributed by atoms with Crippen LogP contribution in [0.2, 0.25) is 0 Å². The first kappa shape index (κ1) is 7.73. The van der Waals surface area contributed by atoms with Crippen LogP contribution >= 0.6 is 0 Å². The highest BCUT2D eigenvalue weighted by Gasteiger charge is 2.11. The molecule has 1 heterocycles. The third-order valence-corrected chi connectivity index (χ3v) is 1.18. The van der Waals surface area contributed by atoms with E-state index in [2.05, 4.69) is 4.98 Å². The van der Waals surface area contributed by atoms with Crippen molar-refractivity contribution in [3.05, 3.63) is 23.9 Å². The molecule has 0 aliphatic carbocycles. The van der Waals surface area contributed by atoms with Crippen LogP contribution < -0.4 is 5.59 Å². The van der Waals surface area contributed by atoms with Crippen LogP contribution in [0, 0.1) is 11.3 Å². The minimum atomic E-state index is -1.57. The van der Waals surface area contributed by atoms with Crippen molar-refractivity contribution in [2.75, 3.05) is 0 Å². The second-order valence-corrected chi connectivity index (χ2v) is 1.96. The summed E-state index contributed by atoms with van der Waals surface area (Å²) in [6, 6.07) is 4.73. The topological polar surface area (TPSA) is 77.1 Å². The molecule has 0 saturated heterocycles. The number of hydrogen-bond acceptors (Lipinski definition) is 4. The van der Waals surface area contributed by atoms with Crippen LogP contribution in [0.3, 0.4) is 0 Å². The van der Waals surface area contributed by atoms with Crippen molar-refractivity contribution in [3.63, 3.8) is 0 Å². The van der Waals surface area contributed by atoms with Gasteiger partial charge in [0.15, 0.2) is 0 Å². The summed E-state index contributed by atoms with van der Waals surface area (Å²) in [7, 11) is -1.57. The Hall–Kier alpha value is -1.38. The summed E-state index contributed by atoms with van der Waals surface area (Å²) < 4.78 is 0. The van der Waals surface area contributed by atoms with Crippen LogP contribution in [-0.4, -0.2) is 22.2 Å². The zero-order valence-electron chi connectivity index (χ0n) is 5.60. The van der Waals surface area contributed by atoms with Crippen LogP contribution in [0.5, 0.6) is 0 Å². The van der Waals surface area contributed by atoms with Gasteiger partial charge in [0.1, 0.15) is 6.07 Å². The second-order valence-electron chi connectivity index (χ2n) is 1.96. The average Bonchev–Trinajstić information content (AvgIpc) is 2.05. The van der Waals surface area contributed by atoms with Gasteiger partial charge in [0, 0.05) is 6.20 Å². The van der Waals surface area contributed by atoms with Crippen molar-refractivity contribution in [2.45, 2.75) is 0 Å². The lowest BCUT2D eigenvalue weighted by molar-refractivity contribution is 0.424. The molecule has 11 heavy (non-hydrogen) atoms. The molecule has 0 aliphatic heterocycles. The number of pyridine rings is 1. The van der Waals surface area contributed by atoms with E-state index in [1.54, 1.807) is 0 Å². The van der Waals surface area contributed by atoms with Crippen LogP contribution in [-0.2, 0) is 0 Å². The van der Waals surface area contributed by atoms with E-state index in [0.29, 0.717) is 5.56 Å². The third-order valence-electron chi connectivity index (χ3n) is 1.18. The summed E-state index contributed by atoms with van der Waals surface area (Å²) in [5, 5.41) is 25.5. The van der Waals surface area contributed by atoms with Gasteiger partial charge in [-0.05, 0) is 12.1 Å². The van der Waals surface area contributed by atoms with Crippen molar-refractivity contribution >= 4 is 12.7 Å². The first-order valence-electron chi connectivity index (χ1n) is 2.96. The summed E-state index contributed by atoms with van der Waals surface area (Å²) in [5.74, 6) is 0. The molecule has 0 amide bonds. The first-order chi connectivity index (χ1) is 5.24. The summed E-state index contributed by atoms with van der Waals surface area (Å²) >= 11 is 0. The van der Waals surface area contributed by atoms with Gasteiger partial charge in [-0.1, -0.05) is 0 Å². The highest BCUT2D eigenvalue weighted by molar-refractivity contribution is 6.57. The second kappa shape index (κ2) is 3.15. The van der Waals surface area contributed by atoms with Gasteiger partial charge in [0.2, 0.25) is 0 Å².